The van der Waals surface area contributed by atoms with E-state index < -0.39 is 64.7 Å². The molecule has 0 aromatic carbocycles. The molecule has 0 saturated carbocycles. The molecule has 7 N–H and O–H groups in total. The van der Waals surface area contributed by atoms with Crippen molar-refractivity contribution in [3.63, 3.8) is 0 Å². The number of ether oxygens (including phenoxy) is 1. The summed E-state index contributed by atoms with van der Waals surface area (Å²) in [5.41, 5.74) is 6.51. The summed E-state index contributed by atoms with van der Waals surface area (Å²) in [4.78, 5) is 46.8. The molecule has 0 radical (unpaired) electrons. The number of aliphatic carboxylic acids is 1. The number of nitrogen functional groups attached to an aromatic ring is 1. The van der Waals surface area contributed by atoms with Crippen LogP contribution in [0.5, 0.6) is 0 Å². The normalized spacial score (nSPS) is 29.9. The minimum absolute atomic E-state index is 0.0709. The molecule has 0 bridgehead atoms. The summed E-state index contributed by atoms with van der Waals surface area (Å²) in [5.74, 6) is -1.10. The smallest absolute Gasteiger partial charge is 0.479 e. The van der Waals surface area contributed by atoms with Crippen molar-refractivity contribution in [2.45, 2.75) is 36.8 Å². The molecular weight excluding hydrogens is 574 g/mol. The van der Waals surface area contributed by atoms with Crippen LogP contribution in [-0.4, -0.2) is 93.2 Å². The van der Waals surface area contributed by atoms with Crippen LogP contribution in [0.15, 0.2) is 28.6 Å². The summed E-state index contributed by atoms with van der Waals surface area (Å²) in [7, 11) is -10.4. The molecule has 18 nitrogen and oxygen atoms in total. The van der Waals surface area contributed by atoms with E-state index in [2.05, 4.69) is 33.3 Å². The molecule has 4 rings (SSSR count). The van der Waals surface area contributed by atoms with E-state index >= 15 is 0 Å². The first-order chi connectivity index (χ1) is 17.8. The van der Waals surface area contributed by atoms with Crippen molar-refractivity contribution in [3.8, 4) is 0 Å². The summed E-state index contributed by atoms with van der Waals surface area (Å²) in [6.07, 6.45) is -2.10. The monoisotopic (exact) mass is 596 g/mol. The zero-order valence-corrected chi connectivity index (χ0v) is 21.8. The highest BCUT2D eigenvalue weighted by Gasteiger charge is 2.46. The molecule has 0 aliphatic carbocycles. The number of rotatable bonds is 10. The van der Waals surface area contributed by atoms with E-state index in [9.17, 15) is 33.9 Å². The van der Waals surface area contributed by atoms with Gasteiger partial charge in [0.15, 0.2) is 23.1 Å². The van der Waals surface area contributed by atoms with Gasteiger partial charge in [0.2, 0.25) is 0 Å². The molecule has 0 amide bonds. The third-order valence-corrected chi connectivity index (χ3v) is 9.08. The molecule has 2 unspecified atom stereocenters. The number of carboxylic acids is 1. The molecule has 2 aromatic heterocycles. The Bertz CT molecular complexity index is 1390. The van der Waals surface area contributed by atoms with E-state index in [0.29, 0.717) is 10.6 Å². The second-order valence-electron chi connectivity index (χ2n) is 7.83. The van der Waals surface area contributed by atoms with Crippen LogP contribution >= 0.6 is 27.4 Å². The quantitative estimate of drug-likeness (QED) is 0.193. The van der Waals surface area contributed by atoms with Crippen LogP contribution in [0.3, 0.4) is 0 Å². The Morgan fingerprint density at radius 2 is 1.92 bits per heavy atom. The topological polar surface area (TPSA) is 271 Å². The van der Waals surface area contributed by atoms with Gasteiger partial charge in [-0.05, 0) is 13.0 Å². The van der Waals surface area contributed by atoms with Crippen molar-refractivity contribution < 1.29 is 57.1 Å². The summed E-state index contributed by atoms with van der Waals surface area (Å²) in [5, 5.41) is 28.7. The van der Waals surface area contributed by atoms with Crippen molar-refractivity contribution in [3.05, 3.63) is 23.6 Å². The van der Waals surface area contributed by atoms with Gasteiger partial charge in [-0.15, -0.1) is 0 Å². The van der Waals surface area contributed by atoms with Gasteiger partial charge in [0.05, 0.1) is 19.5 Å². The fraction of sp³-hybridized carbons (Fsp3) is 0.471. The predicted octanol–water partition coefficient (Wildman–Crippen LogP) is -0.219. The number of carbonyl (C=O) groups is 1. The number of thioether (sulfide) groups is 1. The van der Waals surface area contributed by atoms with Crippen LogP contribution < -0.4 is 5.73 Å². The number of nitrogens with zero attached hydrogens (tertiary/aromatic N) is 5. The number of fused-ring (bicyclic) bond motifs is 1. The molecule has 38 heavy (non-hydrogen) atoms. The average molecular weight is 596 g/mol. The molecule has 7 atom stereocenters. The summed E-state index contributed by atoms with van der Waals surface area (Å²) in [6.45, 7) is 0.117. The van der Waals surface area contributed by atoms with Gasteiger partial charge >= 0.3 is 21.6 Å². The van der Waals surface area contributed by atoms with Crippen molar-refractivity contribution in [1.29, 1.82) is 0 Å². The molecule has 2 aliphatic heterocycles. The van der Waals surface area contributed by atoms with E-state index in [1.807, 2.05) is 0 Å². The van der Waals surface area contributed by atoms with Gasteiger partial charge in [0, 0.05) is 10.6 Å². The number of aliphatic hydroxyl groups excluding tert-OH is 2. The molecule has 0 spiro atoms. The van der Waals surface area contributed by atoms with Crippen LogP contribution in [0.2, 0.25) is 0 Å². The van der Waals surface area contributed by atoms with E-state index in [1.54, 1.807) is 0 Å². The zero-order valence-electron chi connectivity index (χ0n) is 19.2. The maximum atomic E-state index is 12.2. The maximum Gasteiger partial charge on any atom is 0.481 e. The number of anilines is 1. The largest absolute Gasteiger partial charge is 0.481 e. The molecule has 1 saturated heterocycles. The Labute approximate surface area is 217 Å². The van der Waals surface area contributed by atoms with Crippen molar-refractivity contribution in [1.82, 2.24) is 19.5 Å². The highest BCUT2D eigenvalue weighted by molar-refractivity contribution is 8.05. The number of phosphoric acid groups is 2. The third-order valence-electron chi connectivity index (χ3n) is 5.23. The van der Waals surface area contributed by atoms with Crippen molar-refractivity contribution in [2.75, 3.05) is 18.9 Å². The number of aliphatic imine (C=N–C) groups is 1. The lowest BCUT2D eigenvalue weighted by molar-refractivity contribution is -0.136. The second kappa shape index (κ2) is 11.1. The molecule has 208 valence electrons. The average Bonchev–Trinajstić information content (AvgIpc) is 3.49. The fourth-order valence-corrected chi connectivity index (χ4v) is 6.44. The number of hydrogen-bond acceptors (Lipinski definition) is 15. The Morgan fingerprint density at radius 1 is 1.21 bits per heavy atom. The predicted molar refractivity (Wildman–Crippen MR) is 129 cm³/mol. The zero-order chi connectivity index (χ0) is 27.8. The van der Waals surface area contributed by atoms with E-state index in [-0.39, 0.29) is 17.0 Å². The van der Waals surface area contributed by atoms with Crippen LogP contribution in [0.25, 0.3) is 11.2 Å². The minimum Gasteiger partial charge on any atom is -0.479 e. The van der Waals surface area contributed by atoms with Crippen LogP contribution in [0.4, 0.5) is 5.82 Å². The number of nitrogens with two attached hydrogens (primary N) is 1. The lowest BCUT2D eigenvalue weighted by Crippen LogP contribution is -2.33. The van der Waals surface area contributed by atoms with Gasteiger partial charge in [0.25, 0.3) is 0 Å². The molecule has 2 aliphatic rings. The Balaban J connectivity index is 1.32. The number of aromatic nitrogens is 4. The first-order valence-electron chi connectivity index (χ1n) is 10.5. The van der Waals surface area contributed by atoms with Crippen molar-refractivity contribution >= 4 is 56.1 Å². The first kappa shape index (κ1) is 28.7. The molecule has 4 heterocycles. The third kappa shape index (κ3) is 6.30. The van der Waals surface area contributed by atoms with Crippen LogP contribution in [-0.2, 0) is 32.0 Å². The molecular formula is C17H22N6O12P2S. The van der Waals surface area contributed by atoms with Crippen LogP contribution in [0, 0.1) is 0 Å². The highest BCUT2D eigenvalue weighted by Crippen LogP contribution is 2.60. The number of phosphoric ester groups is 2. The number of aliphatic hydroxyl groups is 2. The number of allylic oxidation sites excluding steroid dienone is 1. The van der Waals surface area contributed by atoms with Gasteiger partial charge in [-0.3, -0.25) is 18.6 Å². The van der Waals surface area contributed by atoms with Gasteiger partial charge < -0.3 is 35.6 Å². The second-order valence-corrected chi connectivity index (χ2v) is 12.0. The standard InChI is InChI=1S/C17H22N6O12P2S/c1-7-9(38-15(22-7)17(26)27)2-3-32-36(28,29)35-37(30,31)33-4-8-11(24)12(25)16(34-8)23-6-21-10-13(18)19-5-20-14(10)23/h2,5-6,8,11-12,15-16,24-25H,3-4H2,1H3,(H,26,27)(H,28,29)(H,30,31)(H2,18,19,20)/t8-,11-,12-,15-,16-/m1/s1. The number of carboxylic acid groups (broad SMARTS) is 1. The minimum atomic E-state index is -5.23. The van der Waals surface area contributed by atoms with Gasteiger partial charge in [-0.1, -0.05) is 11.8 Å². The summed E-state index contributed by atoms with van der Waals surface area (Å²) in [6, 6.07) is 0. The molecule has 1 fully saturated rings. The SMILES string of the molecule is CC1=N[C@@H](C(=O)O)SC1=CCOP(=O)(O)OP(=O)(O)OC[C@H]1O[C@@H](n2cnc3c(N)ncnc32)[C@H](O)[C@@H]1O. The maximum absolute atomic E-state index is 12.2. The number of hydrogen-bond donors (Lipinski definition) is 6. The Hall–Kier alpha value is -2.28. The Kier molecular flexibility index (Phi) is 8.37. The van der Waals surface area contributed by atoms with Gasteiger partial charge in [-0.25, -0.2) is 28.9 Å². The van der Waals surface area contributed by atoms with Crippen LogP contribution in [0.1, 0.15) is 13.2 Å². The fourth-order valence-electron chi connectivity index (χ4n) is 3.48. The lowest BCUT2D eigenvalue weighted by atomic mass is 10.1. The van der Waals surface area contributed by atoms with E-state index in [1.165, 1.54) is 23.9 Å². The number of imidazole rings is 1. The summed E-state index contributed by atoms with van der Waals surface area (Å²) < 4.78 is 44.7. The molecule has 2 aromatic rings. The molecule has 21 heteroatoms. The Morgan fingerprint density at radius 3 is 2.61 bits per heavy atom. The highest BCUT2D eigenvalue weighted by atomic mass is 32.2. The van der Waals surface area contributed by atoms with Gasteiger partial charge in [-0.2, -0.15) is 4.31 Å². The lowest BCUT2D eigenvalue weighted by Gasteiger charge is -2.19. The van der Waals surface area contributed by atoms with Gasteiger partial charge in [0.1, 0.15) is 30.2 Å². The van der Waals surface area contributed by atoms with Crippen molar-refractivity contribution in [2.24, 2.45) is 4.99 Å². The van der Waals surface area contributed by atoms with E-state index in [4.69, 9.17) is 15.6 Å². The van der Waals surface area contributed by atoms with E-state index in [0.717, 1.165) is 18.1 Å². The first-order valence-corrected chi connectivity index (χ1v) is 14.4. The summed E-state index contributed by atoms with van der Waals surface area (Å²) >= 11 is 0.873.